The van der Waals surface area contributed by atoms with Crippen molar-refractivity contribution in [2.75, 3.05) is 12.4 Å². The molecule has 0 radical (unpaired) electrons. The van der Waals surface area contributed by atoms with E-state index in [2.05, 4.69) is 28.8 Å². The van der Waals surface area contributed by atoms with Gasteiger partial charge in [-0.2, -0.15) is 0 Å². The molecule has 0 aliphatic carbocycles. The zero-order valence-corrected chi connectivity index (χ0v) is 18.5. The maximum absolute atomic E-state index is 12.9. The Kier molecular flexibility index (Phi) is 5.90. The number of hydrogen-bond acceptors (Lipinski definition) is 7. The first-order valence-electron chi connectivity index (χ1n) is 9.01. The number of ketones is 1. The molecule has 6 nitrogen and oxygen atoms in total. The number of H-pyrrole nitrogens is 1. The molecule has 0 fully saturated rings. The Balaban J connectivity index is 1.87. The Morgan fingerprint density at radius 2 is 1.82 bits per heavy atom. The van der Waals surface area contributed by atoms with Gasteiger partial charge in [-0.1, -0.05) is 11.8 Å². The molecule has 3 rings (SSSR count). The van der Waals surface area contributed by atoms with Crippen LogP contribution in [-0.4, -0.2) is 39.1 Å². The largest absolute Gasteiger partial charge is 0.462 e. The van der Waals surface area contributed by atoms with Crippen LogP contribution in [0.3, 0.4) is 0 Å². The van der Waals surface area contributed by atoms with Crippen molar-refractivity contribution in [1.82, 2.24) is 15.0 Å². The number of rotatable bonds is 6. The van der Waals surface area contributed by atoms with Gasteiger partial charge in [0.05, 0.1) is 23.6 Å². The van der Waals surface area contributed by atoms with E-state index in [0.717, 1.165) is 20.8 Å². The first-order valence-corrected chi connectivity index (χ1v) is 10.8. The molecule has 0 atom stereocenters. The first-order chi connectivity index (χ1) is 13.2. The van der Waals surface area contributed by atoms with Gasteiger partial charge in [-0.25, -0.2) is 14.8 Å². The number of nitrogens with zero attached hydrogens (tertiary/aromatic N) is 2. The molecular weight excluding hydrogens is 394 g/mol. The second kappa shape index (κ2) is 8.05. The fourth-order valence-electron chi connectivity index (χ4n) is 3.16. The summed E-state index contributed by atoms with van der Waals surface area (Å²) < 4.78 is 5.10. The molecule has 0 saturated heterocycles. The van der Waals surface area contributed by atoms with Gasteiger partial charge < -0.3 is 9.72 Å². The van der Waals surface area contributed by atoms with Crippen LogP contribution < -0.4 is 0 Å². The number of carbonyl (C=O) groups is 2. The number of fused-ring (bicyclic) bond motifs is 1. The lowest BCUT2D eigenvalue weighted by atomic mass is 10.1. The highest BCUT2D eigenvalue weighted by Crippen LogP contribution is 2.35. The maximum atomic E-state index is 12.9. The number of thioether (sulfide) groups is 1. The minimum Gasteiger partial charge on any atom is -0.462 e. The zero-order chi connectivity index (χ0) is 20.6. The number of esters is 1. The predicted molar refractivity (Wildman–Crippen MR) is 113 cm³/mol. The normalized spacial score (nSPS) is 11.2. The van der Waals surface area contributed by atoms with Crippen LogP contribution in [0.5, 0.6) is 0 Å². The summed E-state index contributed by atoms with van der Waals surface area (Å²) in [5.74, 6) is 0.441. The number of Topliss-reactive ketones (excluding diaryl/α,β-unsaturated/α-hetero) is 1. The van der Waals surface area contributed by atoms with Crippen LogP contribution in [0.2, 0.25) is 0 Å². The number of carbonyl (C=O) groups excluding carboxylic acids is 2. The Bertz CT molecular complexity index is 1080. The summed E-state index contributed by atoms with van der Waals surface area (Å²) in [6, 6.07) is 0. The number of aryl methyl sites for hydroxylation is 4. The summed E-state index contributed by atoms with van der Waals surface area (Å²) in [6.45, 7) is 11.6. The smallest absolute Gasteiger partial charge is 0.340 e. The fourth-order valence-corrected chi connectivity index (χ4v) is 5.31. The molecule has 3 aromatic rings. The second-order valence-electron chi connectivity index (χ2n) is 6.60. The van der Waals surface area contributed by atoms with Gasteiger partial charge in [0.1, 0.15) is 15.7 Å². The number of hydrogen-bond donors (Lipinski definition) is 1. The van der Waals surface area contributed by atoms with E-state index >= 15 is 0 Å². The van der Waals surface area contributed by atoms with E-state index in [-0.39, 0.29) is 11.5 Å². The predicted octanol–water partition coefficient (Wildman–Crippen LogP) is 4.71. The fraction of sp³-hybridized carbons (Fsp3) is 0.400. The van der Waals surface area contributed by atoms with Crippen molar-refractivity contribution in [3.63, 3.8) is 0 Å². The van der Waals surface area contributed by atoms with Crippen molar-refractivity contribution in [1.29, 1.82) is 0 Å². The molecule has 0 aliphatic heterocycles. The third-order valence-electron chi connectivity index (χ3n) is 4.64. The lowest BCUT2D eigenvalue weighted by molar-refractivity contribution is 0.0525. The number of nitrogens with one attached hydrogen (secondary N) is 1. The molecule has 8 heteroatoms. The topological polar surface area (TPSA) is 84.9 Å². The van der Waals surface area contributed by atoms with Crippen molar-refractivity contribution >= 4 is 45.1 Å². The maximum Gasteiger partial charge on any atom is 0.340 e. The average molecular weight is 418 g/mol. The summed E-state index contributed by atoms with van der Waals surface area (Å²) in [7, 11) is 0. The van der Waals surface area contributed by atoms with Gasteiger partial charge in [0.2, 0.25) is 0 Å². The molecule has 1 N–H and O–H groups in total. The number of thiophene rings is 1. The van der Waals surface area contributed by atoms with Crippen LogP contribution in [0.1, 0.15) is 55.3 Å². The second-order valence-corrected chi connectivity index (χ2v) is 8.76. The Labute approximate surface area is 172 Å². The van der Waals surface area contributed by atoms with Gasteiger partial charge in [0, 0.05) is 16.0 Å². The summed E-state index contributed by atoms with van der Waals surface area (Å²) in [5.41, 5.74) is 3.33. The van der Waals surface area contributed by atoms with Crippen LogP contribution in [-0.2, 0) is 4.74 Å². The highest BCUT2D eigenvalue weighted by molar-refractivity contribution is 8.00. The van der Waals surface area contributed by atoms with E-state index in [9.17, 15) is 9.59 Å². The molecule has 0 saturated carbocycles. The molecule has 0 bridgehead atoms. The molecule has 28 heavy (non-hydrogen) atoms. The highest BCUT2D eigenvalue weighted by atomic mass is 32.2. The number of aromatic amines is 1. The van der Waals surface area contributed by atoms with Crippen molar-refractivity contribution in [3.05, 3.63) is 38.8 Å². The van der Waals surface area contributed by atoms with Gasteiger partial charge in [0.25, 0.3) is 0 Å². The summed E-state index contributed by atoms with van der Waals surface area (Å²) in [6.07, 6.45) is 0. The summed E-state index contributed by atoms with van der Waals surface area (Å²) >= 11 is 3.05. The molecule has 0 spiro atoms. The van der Waals surface area contributed by atoms with Crippen molar-refractivity contribution < 1.29 is 14.3 Å². The van der Waals surface area contributed by atoms with E-state index in [1.54, 1.807) is 32.1 Å². The highest BCUT2D eigenvalue weighted by Gasteiger charge is 2.23. The van der Waals surface area contributed by atoms with Crippen LogP contribution >= 0.6 is 23.1 Å². The monoisotopic (exact) mass is 417 g/mol. The van der Waals surface area contributed by atoms with Crippen LogP contribution in [0.25, 0.3) is 10.2 Å². The molecule has 148 valence electrons. The van der Waals surface area contributed by atoms with Crippen LogP contribution in [0, 0.1) is 34.6 Å². The SMILES string of the molecule is CCOC(=O)c1c(C)[nH]c(C(=O)CSc2nc(C)nc3sc(C)c(C)c23)c1C. The minimum atomic E-state index is -0.405. The number of aromatic nitrogens is 3. The van der Waals surface area contributed by atoms with E-state index in [0.29, 0.717) is 34.9 Å². The summed E-state index contributed by atoms with van der Waals surface area (Å²) in [5, 5.41) is 1.85. The van der Waals surface area contributed by atoms with E-state index in [4.69, 9.17) is 4.74 Å². The minimum absolute atomic E-state index is 0.0739. The molecular formula is C20H23N3O3S2. The van der Waals surface area contributed by atoms with Gasteiger partial charge in [-0.3, -0.25) is 4.79 Å². The third-order valence-corrected chi connectivity index (χ3v) is 6.72. The van der Waals surface area contributed by atoms with Crippen molar-refractivity contribution in [2.45, 2.75) is 46.6 Å². The molecule has 3 aromatic heterocycles. The standard InChI is InChI=1S/C20H23N3O3S2/c1-7-26-20(25)15-10(3)17(21-11(15)4)14(24)8-27-18-16-9(2)12(5)28-19(16)23-13(6)22-18/h21H,7-8H2,1-6H3. The quantitative estimate of drug-likeness (QED) is 0.270. The molecule has 0 unspecified atom stereocenters. The Hall–Kier alpha value is -2.19. The van der Waals surface area contributed by atoms with Crippen LogP contribution in [0.4, 0.5) is 0 Å². The Morgan fingerprint density at radius 3 is 2.50 bits per heavy atom. The summed E-state index contributed by atoms with van der Waals surface area (Å²) in [4.78, 5) is 39.3. The first kappa shape index (κ1) is 20.5. The van der Waals surface area contributed by atoms with E-state index in [1.165, 1.54) is 16.6 Å². The van der Waals surface area contributed by atoms with Crippen molar-refractivity contribution in [2.24, 2.45) is 0 Å². The third kappa shape index (κ3) is 3.71. The van der Waals surface area contributed by atoms with Gasteiger partial charge >= 0.3 is 5.97 Å². The van der Waals surface area contributed by atoms with Gasteiger partial charge in [-0.15, -0.1) is 11.3 Å². The lowest BCUT2D eigenvalue weighted by Gasteiger charge is -2.05. The Morgan fingerprint density at radius 1 is 1.11 bits per heavy atom. The van der Waals surface area contributed by atoms with Crippen molar-refractivity contribution in [3.8, 4) is 0 Å². The van der Waals surface area contributed by atoms with Gasteiger partial charge in [0.15, 0.2) is 5.78 Å². The van der Waals surface area contributed by atoms with E-state index in [1.807, 2.05) is 6.92 Å². The molecule has 3 heterocycles. The lowest BCUT2D eigenvalue weighted by Crippen LogP contribution is -2.08. The average Bonchev–Trinajstić information content (AvgIpc) is 3.08. The molecule has 0 aromatic carbocycles. The number of ether oxygens (including phenoxy) is 1. The molecule has 0 aliphatic rings. The van der Waals surface area contributed by atoms with E-state index < -0.39 is 5.97 Å². The molecule has 0 amide bonds. The van der Waals surface area contributed by atoms with Gasteiger partial charge in [-0.05, 0) is 52.7 Å². The zero-order valence-electron chi connectivity index (χ0n) is 16.8. The van der Waals surface area contributed by atoms with Crippen LogP contribution in [0.15, 0.2) is 5.03 Å².